The molecule has 0 aromatic heterocycles. The van der Waals surface area contributed by atoms with E-state index in [1.165, 1.54) is 0 Å². The standard InChI is InChI=1S/C16H14ClNO/c17-14-11-15(12-7-3-1-4-8-12)18(16(14)19)13-9-5-2-6-10-13/h1-10,14-15H,11H2. The molecule has 0 saturated carbocycles. The van der Waals surface area contributed by atoms with Gasteiger partial charge in [-0.15, -0.1) is 11.6 Å². The normalized spacial score (nSPS) is 22.8. The molecule has 2 atom stereocenters. The molecule has 1 aliphatic rings. The fourth-order valence-corrected chi connectivity index (χ4v) is 2.84. The smallest absolute Gasteiger partial charge is 0.245 e. The molecular weight excluding hydrogens is 258 g/mol. The van der Waals surface area contributed by atoms with Gasteiger partial charge in [0.2, 0.25) is 5.91 Å². The minimum Gasteiger partial charge on any atom is -0.304 e. The van der Waals surface area contributed by atoms with Crippen molar-refractivity contribution in [1.82, 2.24) is 0 Å². The number of rotatable bonds is 2. The molecule has 1 amide bonds. The molecule has 19 heavy (non-hydrogen) atoms. The number of alkyl halides is 1. The van der Waals surface area contributed by atoms with Gasteiger partial charge in [0.25, 0.3) is 0 Å². The van der Waals surface area contributed by atoms with Crippen LogP contribution in [-0.2, 0) is 4.79 Å². The minimum absolute atomic E-state index is 0.0123. The van der Waals surface area contributed by atoms with Gasteiger partial charge in [-0.05, 0) is 24.1 Å². The predicted molar refractivity (Wildman–Crippen MR) is 77.4 cm³/mol. The number of carbonyl (C=O) groups is 1. The Morgan fingerprint density at radius 3 is 2.16 bits per heavy atom. The fourth-order valence-electron chi connectivity index (χ4n) is 2.56. The van der Waals surface area contributed by atoms with Gasteiger partial charge in [0.15, 0.2) is 0 Å². The van der Waals surface area contributed by atoms with Gasteiger partial charge in [0.05, 0.1) is 6.04 Å². The van der Waals surface area contributed by atoms with E-state index in [0.717, 1.165) is 11.3 Å². The van der Waals surface area contributed by atoms with E-state index in [4.69, 9.17) is 11.6 Å². The third-order valence-corrected chi connectivity index (χ3v) is 3.83. The lowest BCUT2D eigenvalue weighted by atomic mass is 10.0. The van der Waals surface area contributed by atoms with Crippen molar-refractivity contribution in [2.75, 3.05) is 4.90 Å². The van der Waals surface area contributed by atoms with Crippen molar-refractivity contribution in [3.63, 3.8) is 0 Å². The van der Waals surface area contributed by atoms with Crippen LogP contribution in [0.2, 0.25) is 0 Å². The molecule has 0 aliphatic carbocycles. The molecule has 0 N–H and O–H groups in total. The van der Waals surface area contributed by atoms with Gasteiger partial charge in [0, 0.05) is 5.69 Å². The minimum atomic E-state index is -0.439. The summed E-state index contributed by atoms with van der Waals surface area (Å²) in [6, 6.07) is 19.8. The summed E-state index contributed by atoms with van der Waals surface area (Å²) in [5.41, 5.74) is 2.03. The highest BCUT2D eigenvalue weighted by molar-refractivity contribution is 6.34. The Morgan fingerprint density at radius 2 is 1.53 bits per heavy atom. The summed E-state index contributed by atoms with van der Waals surface area (Å²) >= 11 is 6.16. The van der Waals surface area contributed by atoms with Gasteiger partial charge in [0.1, 0.15) is 5.38 Å². The summed E-state index contributed by atoms with van der Waals surface area (Å²) in [6.45, 7) is 0. The molecule has 2 aromatic rings. The average Bonchev–Trinajstić information content (AvgIpc) is 2.77. The molecule has 2 nitrogen and oxygen atoms in total. The van der Waals surface area contributed by atoms with E-state index in [-0.39, 0.29) is 11.9 Å². The Hall–Kier alpha value is -1.80. The third kappa shape index (κ3) is 2.24. The molecule has 1 heterocycles. The van der Waals surface area contributed by atoms with Gasteiger partial charge in [-0.3, -0.25) is 4.79 Å². The largest absolute Gasteiger partial charge is 0.304 e. The van der Waals surface area contributed by atoms with Gasteiger partial charge < -0.3 is 4.90 Å². The molecule has 1 fully saturated rings. The van der Waals surface area contributed by atoms with Gasteiger partial charge in [-0.2, -0.15) is 0 Å². The summed E-state index contributed by atoms with van der Waals surface area (Å²) in [5, 5.41) is -0.439. The fraction of sp³-hybridized carbons (Fsp3) is 0.188. The second-order valence-corrected chi connectivity index (χ2v) is 5.20. The van der Waals surface area contributed by atoms with Crippen LogP contribution in [0.15, 0.2) is 60.7 Å². The topological polar surface area (TPSA) is 20.3 Å². The number of benzene rings is 2. The summed E-state index contributed by atoms with van der Waals surface area (Å²) < 4.78 is 0. The van der Waals surface area contributed by atoms with Crippen LogP contribution in [-0.4, -0.2) is 11.3 Å². The van der Waals surface area contributed by atoms with Crippen molar-refractivity contribution in [2.24, 2.45) is 0 Å². The number of amides is 1. The zero-order valence-electron chi connectivity index (χ0n) is 10.4. The lowest BCUT2D eigenvalue weighted by Crippen LogP contribution is -2.29. The second kappa shape index (κ2) is 5.06. The summed E-state index contributed by atoms with van der Waals surface area (Å²) in [6.07, 6.45) is 0.652. The molecule has 96 valence electrons. The van der Waals surface area contributed by atoms with E-state index in [1.807, 2.05) is 65.6 Å². The Bertz CT molecular complexity index is 570. The second-order valence-electron chi connectivity index (χ2n) is 4.67. The van der Waals surface area contributed by atoms with E-state index < -0.39 is 5.38 Å². The Balaban J connectivity index is 2.02. The number of nitrogens with zero attached hydrogens (tertiary/aromatic N) is 1. The van der Waals surface area contributed by atoms with Crippen molar-refractivity contribution in [3.8, 4) is 0 Å². The first-order valence-electron chi connectivity index (χ1n) is 6.34. The molecule has 2 aromatic carbocycles. The molecule has 3 rings (SSSR count). The molecule has 2 unspecified atom stereocenters. The number of halogens is 1. The Kier molecular flexibility index (Phi) is 3.26. The van der Waals surface area contributed by atoms with E-state index in [0.29, 0.717) is 6.42 Å². The summed E-state index contributed by atoms with van der Waals surface area (Å²) in [7, 11) is 0. The highest BCUT2D eigenvalue weighted by Crippen LogP contribution is 2.38. The van der Waals surface area contributed by atoms with Crippen LogP contribution >= 0.6 is 11.6 Å². The molecule has 0 spiro atoms. The third-order valence-electron chi connectivity index (χ3n) is 3.47. The van der Waals surface area contributed by atoms with Crippen LogP contribution in [0.3, 0.4) is 0 Å². The van der Waals surface area contributed by atoms with E-state index >= 15 is 0 Å². The maximum Gasteiger partial charge on any atom is 0.245 e. The molecule has 1 saturated heterocycles. The number of anilines is 1. The summed E-state index contributed by atoms with van der Waals surface area (Å²) in [4.78, 5) is 14.1. The van der Waals surface area contributed by atoms with Crippen LogP contribution in [0.1, 0.15) is 18.0 Å². The van der Waals surface area contributed by atoms with Crippen molar-refractivity contribution in [3.05, 3.63) is 66.2 Å². The van der Waals surface area contributed by atoms with Crippen molar-refractivity contribution in [2.45, 2.75) is 17.8 Å². The van der Waals surface area contributed by atoms with Crippen molar-refractivity contribution in [1.29, 1.82) is 0 Å². The highest BCUT2D eigenvalue weighted by Gasteiger charge is 2.39. The lowest BCUT2D eigenvalue weighted by Gasteiger charge is -2.25. The van der Waals surface area contributed by atoms with Gasteiger partial charge >= 0.3 is 0 Å². The zero-order valence-corrected chi connectivity index (χ0v) is 11.1. The van der Waals surface area contributed by atoms with Crippen LogP contribution in [0.5, 0.6) is 0 Å². The first-order chi connectivity index (χ1) is 9.27. The first-order valence-corrected chi connectivity index (χ1v) is 6.78. The molecular formula is C16H14ClNO. The maximum atomic E-state index is 12.3. The SMILES string of the molecule is O=C1C(Cl)CC(c2ccccc2)N1c1ccccc1. The summed E-state index contributed by atoms with van der Waals surface area (Å²) in [5.74, 6) is -0.0123. The number of carbonyl (C=O) groups excluding carboxylic acids is 1. The first kappa shape index (κ1) is 12.2. The molecule has 0 bridgehead atoms. The van der Waals surface area contributed by atoms with E-state index in [2.05, 4.69) is 0 Å². The average molecular weight is 272 g/mol. The number of hydrogen-bond acceptors (Lipinski definition) is 1. The lowest BCUT2D eigenvalue weighted by molar-refractivity contribution is -0.116. The molecule has 3 heteroatoms. The van der Waals surface area contributed by atoms with Crippen molar-refractivity contribution >= 4 is 23.2 Å². The molecule has 0 radical (unpaired) electrons. The van der Waals surface area contributed by atoms with Crippen LogP contribution in [0.25, 0.3) is 0 Å². The van der Waals surface area contributed by atoms with Crippen molar-refractivity contribution < 1.29 is 4.79 Å². The van der Waals surface area contributed by atoms with Gasteiger partial charge in [-0.1, -0.05) is 48.5 Å². The van der Waals surface area contributed by atoms with E-state index in [1.54, 1.807) is 0 Å². The van der Waals surface area contributed by atoms with Gasteiger partial charge in [-0.25, -0.2) is 0 Å². The quantitative estimate of drug-likeness (QED) is 0.762. The Labute approximate surface area is 117 Å². The van der Waals surface area contributed by atoms with E-state index in [9.17, 15) is 4.79 Å². The number of para-hydroxylation sites is 1. The Morgan fingerprint density at radius 1 is 0.947 bits per heavy atom. The highest BCUT2D eigenvalue weighted by atomic mass is 35.5. The zero-order chi connectivity index (χ0) is 13.2. The number of hydrogen-bond donors (Lipinski definition) is 0. The predicted octanol–water partition coefficient (Wildman–Crippen LogP) is 3.77. The van der Waals surface area contributed by atoms with Crippen LogP contribution < -0.4 is 4.90 Å². The maximum absolute atomic E-state index is 12.3. The molecule has 1 aliphatic heterocycles. The van der Waals surface area contributed by atoms with Crippen LogP contribution in [0, 0.1) is 0 Å². The van der Waals surface area contributed by atoms with Crippen LogP contribution in [0.4, 0.5) is 5.69 Å². The monoisotopic (exact) mass is 271 g/mol.